The molecule has 3 N–H and O–H groups in total. The van der Waals surface area contributed by atoms with Gasteiger partial charge in [-0.2, -0.15) is 0 Å². The van der Waals surface area contributed by atoms with Crippen LogP contribution in [0.1, 0.15) is 15.9 Å². The third kappa shape index (κ3) is 3.45. The van der Waals surface area contributed by atoms with Gasteiger partial charge in [-0.05, 0) is 45.3 Å². The lowest BCUT2D eigenvalue weighted by molar-refractivity contribution is -0.119. The predicted molar refractivity (Wildman–Crippen MR) is 112 cm³/mol. The Morgan fingerprint density at radius 1 is 0.786 bits per heavy atom. The minimum atomic E-state index is -0.804. The molecule has 28 heavy (non-hydrogen) atoms. The van der Waals surface area contributed by atoms with Gasteiger partial charge in [0, 0.05) is 12.0 Å². The summed E-state index contributed by atoms with van der Waals surface area (Å²) in [6, 6.07) is 26.3. The highest BCUT2D eigenvalue weighted by molar-refractivity contribution is 6.03. The molecule has 4 rings (SSSR count). The number of carbonyl (C=O) groups is 2. The van der Waals surface area contributed by atoms with Crippen molar-refractivity contribution in [3.05, 3.63) is 96.1 Å². The standard InChI is InChI=1S/C24H20N2O2/c25-23(27)22(26-24(28)16-8-2-1-3-9-16)15-21-19-12-6-4-10-17(19)14-18-11-5-7-13-20(18)21/h1-14,22H,15H2,(H2,25,27)(H,26,28)/t22-/m0/s1. The first-order valence-corrected chi connectivity index (χ1v) is 9.18. The molecule has 138 valence electrons. The van der Waals surface area contributed by atoms with E-state index >= 15 is 0 Å². The molecule has 0 saturated carbocycles. The monoisotopic (exact) mass is 368 g/mol. The lowest BCUT2D eigenvalue weighted by Crippen LogP contribution is -2.45. The largest absolute Gasteiger partial charge is 0.368 e. The maximum atomic E-state index is 12.6. The summed E-state index contributed by atoms with van der Waals surface area (Å²) >= 11 is 0. The number of amides is 2. The zero-order chi connectivity index (χ0) is 19.5. The molecule has 0 unspecified atom stereocenters. The third-order valence-corrected chi connectivity index (χ3v) is 4.98. The van der Waals surface area contributed by atoms with Crippen molar-refractivity contribution in [2.45, 2.75) is 12.5 Å². The van der Waals surface area contributed by atoms with E-state index in [1.54, 1.807) is 24.3 Å². The summed E-state index contributed by atoms with van der Waals surface area (Å²) < 4.78 is 0. The molecule has 0 saturated heterocycles. The van der Waals surface area contributed by atoms with Crippen LogP contribution in [-0.4, -0.2) is 17.9 Å². The number of fused-ring (bicyclic) bond motifs is 2. The lowest BCUT2D eigenvalue weighted by atomic mass is 9.92. The molecule has 4 heteroatoms. The van der Waals surface area contributed by atoms with Crippen LogP contribution in [0, 0.1) is 0 Å². The fraction of sp³-hybridized carbons (Fsp3) is 0.0833. The Labute approximate surface area is 163 Å². The van der Waals surface area contributed by atoms with Crippen molar-refractivity contribution < 1.29 is 9.59 Å². The van der Waals surface area contributed by atoms with Gasteiger partial charge in [-0.1, -0.05) is 66.7 Å². The van der Waals surface area contributed by atoms with E-state index in [0.29, 0.717) is 12.0 Å². The van der Waals surface area contributed by atoms with Crippen LogP contribution in [0.25, 0.3) is 21.5 Å². The first-order chi connectivity index (χ1) is 13.6. The molecule has 0 bridgehead atoms. The third-order valence-electron chi connectivity index (χ3n) is 4.98. The molecule has 2 amide bonds. The van der Waals surface area contributed by atoms with Crippen molar-refractivity contribution in [3.8, 4) is 0 Å². The molecule has 0 aromatic heterocycles. The second-order valence-electron chi connectivity index (χ2n) is 6.80. The van der Waals surface area contributed by atoms with Crippen molar-refractivity contribution in [2.24, 2.45) is 5.73 Å². The summed E-state index contributed by atoms with van der Waals surface area (Å²) in [4.78, 5) is 24.7. The number of nitrogens with two attached hydrogens (primary N) is 1. The van der Waals surface area contributed by atoms with E-state index in [0.717, 1.165) is 27.1 Å². The summed E-state index contributed by atoms with van der Waals surface area (Å²) in [5, 5.41) is 7.09. The molecular weight excluding hydrogens is 348 g/mol. The van der Waals surface area contributed by atoms with Gasteiger partial charge in [0.05, 0.1) is 0 Å². The number of benzene rings is 4. The number of carbonyl (C=O) groups excluding carboxylic acids is 2. The summed E-state index contributed by atoms with van der Waals surface area (Å²) in [6.07, 6.45) is 0.329. The van der Waals surface area contributed by atoms with Crippen LogP contribution in [0.5, 0.6) is 0 Å². The van der Waals surface area contributed by atoms with Crippen LogP contribution in [0.2, 0.25) is 0 Å². The van der Waals surface area contributed by atoms with Gasteiger partial charge >= 0.3 is 0 Å². The van der Waals surface area contributed by atoms with E-state index in [9.17, 15) is 9.59 Å². The zero-order valence-corrected chi connectivity index (χ0v) is 15.3. The molecule has 0 aliphatic carbocycles. The highest BCUT2D eigenvalue weighted by Crippen LogP contribution is 2.29. The first kappa shape index (κ1) is 17.7. The summed E-state index contributed by atoms with van der Waals surface area (Å²) in [7, 11) is 0. The number of primary amides is 1. The van der Waals surface area contributed by atoms with Gasteiger partial charge in [0.25, 0.3) is 5.91 Å². The van der Waals surface area contributed by atoms with Gasteiger partial charge in [-0.3, -0.25) is 9.59 Å². The Morgan fingerprint density at radius 2 is 1.32 bits per heavy atom. The summed E-state index contributed by atoms with van der Waals surface area (Å²) in [6.45, 7) is 0. The maximum absolute atomic E-state index is 12.6. The highest BCUT2D eigenvalue weighted by Gasteiger charge is 2.21. The Kier molecular flexibility index (Phi) is 4.77. The van der Waals surface area contributed by atoms with E-state index < -0.39 is 11.9 Å². The molecule has 0 aliphatic rings. The normalized spacial score (nSPS) is 12.0. The quantitative estimate of drug-likeness (QED) is 0.526. The van der Waals surface area contributed by atoms with Gasteiger partial charge in [0.15, 0.2) is 0 Å². The Bertz CT molecular complexity index is 1120. The van der Waals surface area contributed by atoms with Crippen LogP contribution >= 0.6 is 0 Å². The van der Waals surface area contributed by atoms with Crippen LogP contribution in [0.3, 0.4) is 0 Å². The zero-order valence-electron chi connectivity index (χ0n) is 15.3. The van der Waals surface area contributed by atoms with Crippen LogP contribution in [0.15, 0.2) is 84.9 Å². The molecule has 0 radical (unpaired) electrons. The minimum Gasteiger partial charge on any atom is -0.368 e. The molecule has 0 fully saturated rings. The number of hydrogen-bond acceptors (Lipinski definition) is 2. The van der Waals surface area contributed by atoms with Crippen LogP contribution in [0.4, 0.5) is 0 Å². The second-order valence-corrected chi connectivity index (χ2v) is 6.80. The molecule has 1 atom stereocenters. The maximum Gasteiger partial charge on any atom is 0.251 e. The van der Waals surface area contributed by atoms with Gasteiger partial charge in [-0.15, -0.1) is 0 Å². The van der Waals surface area contributed by atoms with Gasteiger partial charge in [0.2, 0.25) is 5.91 Å². The molecular formula is C24H20N2O2. The molecule has 4 nitrogen and oxygen atoms in total. The van der Waals surface area contributed by atoms with Crippen molar-refractivity contribution in [3.63, 3.8) is 0 Å². The number of hydrogen-bond donors (Lipinski definition) is 2. The smallest absolute Gasteiger partial charge is 0.251 e. The highest BCUT2D eigenvalue weighted by atomic mass is 16.2. The fourth-order valence-corrected chi connectivity index (χ4v) is 3.59. The summed E-state index contributed by atoms with van der Waals surface area (Å²) in [5.74, 6) is -0.866. The number of nitrogens with one attached hydrogen (secondary N) is 1. The van der Waals surface area contributed by atoms with E-state index in [4.69, 9.17) is 5.73 Å². The van der Waals surface area contributed by atoms with Crippen LogP contribution in [-0.2, 0) is 11.2 Å². The Hall–Kier alpha value is -3.66. The fourth-order valence-electron chi connectivity index (χ4n) is 3.59. The van der Waals surface area contributed by atoms with Crippen molar-refractivity contribution in [2.75, 3.05) is 0 Å². The lowest BCUT2D eigenvalue weighted by Gasteiger charge is -2.19. The molecule has 0 heterocycles. The average molecular weight is 368 g/mol. The Balaban J connectivity index is 1.75. The molecule has 4 aromatic carbocycles. The topological polar surface area (TPSA) is 72.2 Å². The van der Waals surface area contributed by atoms with Gasteiger partial charge in [-0.25, -0.2) is 0 Å². The SMILES string of the molecule is NC(=O)[C@H](Cc1c2ccccc2cc2ccccc12)NC(=O)c1ccccc1. The Morgan fingerprint density at radius 3 is 1.89 bits per heavy atom. The number of rotatable bonds is 5. The molecule has 0 aliphatic heterocycles. The predicted octanol–water partition coefficient (Wildman–Crippen LogP) is 3.82. The van der Waals surface area contributed by atoms with E-state index in [2.05, 4.69) is 11.4 Å². The van der Waals surface area contributed by atoms with Crippen molar-refractivity contribution >= 4 is 33.4 Å². The van der Waals surface area contributed by atoms with Gasteiger partial charge in [0.1, 0.15) is 6.04 Å². The summed E-state index contributed by atoms with van der Waals surface area (Å²) in [5.41, 5.74) is 7.15. The average Bonchev–Trinajstić information content (AvgIpc) is 2.73. The van der Waals surface area contributed by atoms with E-state index in [-0.39, 0.29) is 5.91 Å². The minimum absolute atomic E-state index is 0.311. The van der Waals surface area contributed by atoms with Crippen LogP contribution < -0.4 is 11.1 Å². The first-order valence-electron chi connectivity index (χ1n) is 9.18. The van der Waals surface area contributed by atoms with E-state index in [1.165, 1.54) is 0 Å². The van der Waals surface area contributed by atoms with E-state index in [1.807, 2.05) is 54.6 Å². The molecule has 4 aromatic rings. The van der Waals surface area contributed by atoms with Gasteiger partial charge < -0.3 is 11.1 Å². The van der Waals surface area contributed by atoms with Crippen molar-refractivity contribution in [1.29, 1.82) is 0 Å². The van der Waals surface area contributed by atoms with Crippen molar-refractivity contribution in [1.82, 2.24) is 5.32 Å². The second kappa shape index (κ2) is 7.53. The molecule has 0 spiro atoms.